The number of hydrogen-bond donors (Lipinski definition) is 0. The number of aryl methyl sites for hydroxylation is 1. The second kappa shape index (κ2) is 3.43. The molecule has 0 saturated carbocycles. The van der Waals surface area contributed by atoms with Crippen molar-refractivity contribution in [1.29, 1.82) is 0 Å². The topological polar surface area (TPSA) is 26.3 Å². The van der Waals surface area contributed by atoms with Crippen molar-refractivity contribution in [3.63, 3.8) is 0 Å². The highest BCUT2D eigenvalue weighted by molar-refractivity contribution is 6.36. The number of methoxy groups -OCH3 is 1. The second-order valence-electron chi connectivity index (χ2n) is 2.58. The molecular weight excluding hydrogens is 151 g/mol. The van der Waals surface area contributed by atoms with Gasteiger partial charge in [-0.05, 0) is 13.0 Å². The maximum Gasteiger partial charge on any atom is 0.337 e. The van der Waals surface area contributed by atoms with Crippen LogP contribution >= 0.6 is 0 Å². The zero-order valence-electron chi connectivity index (χ0n) is 7.13. The lowest BCUT2D eigenvalue weighted by Gasteiger charge is -2.04. The van der Waals surface area contributed by atoms with Crippen molar-refractivity contribution in [2.24, 2.45) is 0 Å². The Kier molecular flexibility index (Phi) is 2.53. The quantitative estimate of drug-likeness (QED) is 0.443. The van der Waals surface area contributed by atoms with E-state index >= 15 is 0 Å². The molecule has 0 bridgehead atoms. The fraction of sp³-hybridized carbons (Fsp3) is 0.222. The number of rotatable bonds is 1. The van der Waals surface area contributed by atoms with Crippen LogP contribution in [0.3, 0.4) is 0 Å². The average molecular weight is 160 g/mol. The van der Waals surface area contributed by atoms with Crippen molar-refractivity contribution in [2.45, 2.75) is 6.92 Å². The van der Waals surface area contributed by atoms with E-state index in [0.717, 1.165) is 5.56 Å². The van der Waals surface area contributed by atoms with Crippen molar-refractivity contribution >= 4 is 19.3 Å². The molecule has 0 spiro atoms. The molecule has 0 aromatic heterocycles. The van der Waals surface area contributed by atoms with Gasteiger partial charge in [-0.3, -0.25) is 0 Å². The van der Waals surface area contributed by atoms with Crippen LogP contribution in [0, 0.1) is 6.92 Å². The molecule has 0 saturated heterocycles. The van der Waals surface area contributed by atoms with Crippen molar-refractivity contribution in [3.05, 3.63) is 29.3 Å². The zero-order valence-corrected chi connectivity index (χ0v) is 7.13. The second-order valence-corrected chi connectivity index (χ2v) is 2.58. The van der Waals surface area contributed by atoms with Crippen LogP contribution in [0.15, 0.2) is 18.2 Å². The van der Waals surface area contributed by atoms with E-state index in [4.69, 9.17) is 7.85 Å². The maximum absolute atomic E-state index is 11.1. The summed E-state index contributed by atoms with van der Waals surface area (Å²) in [7, 11) is 6.90. The summed E-state index contributed by atoms with van der Waals surface area (Å²) in [4.78, 5) is 11.1. The van der Waals surface area contributed by atoms with Gasteiger partial charge in [-0.1, -0.05) is 23.2 Å². The van der Waals surface area contributed by atoms with Crippen LogP contribution in [-0.4, -0.2) is 20.9 Å². The highest BCUT2D eigenvalue weighted by Crippen LogP contribution is 2.01. The summed E-state index contributed by atoms with van der Waals surface area (Å²) >= 11 is 0. The highest BCUT2D eigenvalue weighted by atomic mass is 16.5. The van der Waals surface area contributed by atoms with Crippen LogP contribution in [0.4, 0.5) is 0 Å². The van der Waals surface area contributed by atoms with Gasteiger partial charge in [-0.2, -0.15) is 0 Å². The maximum atomic E-state index is 11.1. The van der Waals surface area contributed by atoms with Crippen LogP contribution in [-0.2, 0) is 4.74 Å². The summed E-state index contributed by atoms with van der Waals surface area (Å²) in [5.74, 6) is -0.392. The lowest BCUT2D eigenvalue weighted by atomic mass is 9.89. The van der Waals surface area contributed by atoms with Crippen molar-refractivity contribution in [3.8, 4) is 0 Å². The third-order valence-corrected chi connectivity index (χ3v) is 1.61. The predicted octanol–water partition coefficient (Wildman–Crippen LogP) is 0.575. The fourth-order valence-electron chi connectivity index (χ4n) is 0.957. The van der Waals surface area contributed by atoms with Gasteiger partial charge < -0.3 is 4.74 Å². The third-order valence-electron chi connectivity index (χ3n) is 1.61. The van der Waals surface area contributed by atoms with E-state index in [1.54, 1.807) is 12.1 Å². The van der Waals surface area contributed by atoms with E-state index in [1.807, 2.05) is 13.0 Å². The summed E-state index contributed by atoms with van der Waals surface area (Å²) in [6.07, 6.45) is 0. The first-order valence-electron chi connectivity index (χ1n) is 3.59. The Bertz CT molecular complexity index is 307. The summed E-state index contributed by atoms with van der Waals surface area (Å²) in [6.45, 7) is 1.89. The molecule has 0 aliphatic heterocycles. The zero-order chi connectivity index (χ0) is 9.14. The van der Waals surface area contributed by atoms with Gasteiger partial charge >= 0.3 is 5.97 Å². The molecule has 0 unspecified atom stereocenters. The number of ether oxygens (including phenoxy) is 1. The van der Waals surface area contributed by atoms with Gasteiger partial charge in [-0.15, -0.1) is 0 Å². The minimum Gasteiger partial charge on any atom is -0.465 e. The molecule has 2 nitrogen and oxygen atoms in total. The van der Waals surface area contributed by atoms with E-state index in [1.165, 1.54) is 7.11 Å². The van der Waals surface area contributed by atoms with Crippen LogP contribution in [0.5, 0.6) is 0 Å². The molecule has 0 aliphatic carbocycles. The van der Waals surface area contributed by atoms with E-state index in [2.05, 4.69) is 4.74 Å². The molecule has 0 N–H and O–H groups in total. The fourth-order valence-corrected chi connectivity index (χ4v) is 0.957. The Morgan fingerprint density at radius 2 is 2.17 bits per heavy atom. The van der Waals surface area contributed by atoms with Crippen molar-refractivity contribution in [1.82, 2.24) is 0 Å². The predicted molar refractivity (Wildman–Crippen MR) is 47.9 cm³/mol. The van der Waals surface area contributed by atoms with Gasteiger partial charge in [0.2, 0.25) is 0 Å². The van der Waals surface area contributed by atoms with Gasteiger partial charge in [0.25, 0.3) is 0 Å². The minimum atomic E-state index is -0.392. The number of carbonyl (C=O) groups excluding carboxylic acids is 1. The molecule has 3 heteroatoms. The molecule has 2 radical (unpaired) electrons. The molecule has 0 aliphatic rings. The Hall–Kier alpha value is -1.25. The molecule has 1 aromatic carbocycles. The van der Waals surface area contributed by atoms with E-state index in [-0.39, 0.29) is 0 Å². The normalized spacial score (nSPS) is 9.50. The summed E-state index contributed by atoms with van der Waals surface area (Å²) in [6, 6.07) is 5.25. The Morgan fingerprint density at radius 3 is 2.75 bits per heavy atom. The molecule has 60 valence electrons. The summed E-state index contributed by atoms with van der Waals surface area (Å²) in [5, 5.41) is 0. The largest absolute Gasteiger partial charge is 0.465 e. The highest BCUT2D eigenvalue weighted by Gasteiger charge is 2.07. The van der Waals surface area contributed by atoms with Crippen molar-refractivity contribution in [2.75, 3.05) is 7.11 Å². The lowest BCUT2D eigenvalue weighted by molar-refractivity contribution is 0.0602. The first-order valence-corrected chi connectivity index (χ1v) is 3.59. The molecule has 12 heavy (non-hydrogen) atoms. The van der Waals surface area contributed by atoms with Gasteiger partial charge in [0.1, 0.15) is 7.85 Å². The van der Waals surface area contributed by atoms with E-state index in [0.29, 0.717) is 11.0 Å². The Labute approximate surface area is 73.0 Å². The van der Waals surface area contributed by atoms with Crippen LogP contribution in [0.25, 0.3) is 0 Å². The molecule has 0 amide bonds. The van der Waals surface area contributed by atoms with E-state index in [9.17, 15) is 4.79 Å². The van der Waals surface area contributed by atoms with Gasteiger partial charge in [-0.25, -0.2) is 4.79 Å². The van der Waals surface area contributed by atoms with Crippen LogP contribution in [0.1, 0.15) is 15.9 Å². The van der Waals surface area contributed by atoms with Crippen LogP contribution < -0.4 is 5.46 Å². The number of carbonyl (C=O) groups is 1. The van der Waals surface area contributed by atoms with Crippen LogP contribution in [0.2, 0.25) is 0 Å². The van der Waals surface area contributed by atoms with Gasteiger partial charge in [0, 0.05) is 0 Å². The number of esters is 1. The molecule has 1 rings (SSSR count). The number of hydrogen-bond acceptors (Lipinski definition) is 2. The lowest BCUT2D eigenvalue weighted by Crippen LogP contribution is -2.16. The molecular formula is C9H9BO2. The SMILES string of the molecule is [B]c1ccc(C)cc1C(=O)OC. The summed E-state index contributed by atoms with van der Waals surface area (Å²) in [5.41, 5.74) is 1.87. The molecule has 1 aromatic rings. The first-order chi connectivity index (χ1) is 5.65. The Morgan fingerprint density at radius 1 is 1.50 bits per heavy atom. The minimum absolute atomic E-state index is 0.392. The number of benzene rings is 1. The average Bonchev–Trinajstić information content (AvgIpc) is 2.08. The van der Waals surface area contributed by atoms with Crippen molar-refractivity contribution < 1.29 is 9.53 Å². The molecule has 0 fully saturated rings. The van der Waals surface area contributed by atoms with E-state index < -0.39 is 5.97 Å². The molecule has 0 atom stereocenters. The van der Waals surface area contributed by atoms with Gasteiger partial charge in [0.05, 0.1) is 12.7 Å². The third kappa shape index (κ3) is 1.67. The summed E-state index contributed by atoms with van der Waals surface area (Å²) < 4.78 is 4.55. The smallest absolute Gasteiger partial charge is 0.337 e. The van der Waals surface area contributed by atoms with Gasteiger partial charge in [0.15, 0.2) is 0 Å². The monoisotopic (exact) mass is 160 g/mol. The standard InChI is InChI=1S/C9H9BO2/c1-6-3-4-8(10)7(5-6)9(11)12-2/h3-5H,1-2H3. The Balaban J connectivity index is 3.13. The first kappa shape index (κ1) is 8.85. The molecule has 0 heterocycles.